The van der Waals surface area contributed by atoms with Crippen LogP contribution in [0.2, 0.25) is 0 Å². The maximum Gasteiger partial charge on any atom is 0.132 e. The number of hydrogen-bond acceptors (Lipinski definition) is 2. The van der Waals surface area contributed by atoms with Crippen LogP contribution < -0.4 is 4.90 Å². The number of nitrogens with zero attached hydrogens (tertiary/aromatic N) is 1. The zero-order valence-corrected chi connectivity index (χ0v) is 11.7. The van der Waals surface area contributed by atoms with Crippen molar-refractivity contribution < 1.29 is 9.50 Å². The number of anilines is 1. The van der Waals surface area contributed by atoms with Gasteiger partial charge in [-0.05, 0) is 38.0 Å². The fourth-order valence-electron chi connectivity index (χ4n) is 3.18. The van der Waals surface area contributed by atoms with Crippen molar-refractivity contribution in [2.24, 2.45) is 0 Å². The zero-order valence-electron chi connectivity index (χ0n) is 11.7. The van der Waals surface area contributed by atoms with Gasteiger partial charge in [-0.15, -0.1) is 0 Å². The lowest BCUT2D eigenvalue weighted by Gasteiger charge is -2.32. The Morgan fingerprint density at radius 2 is 2.00 bits per heavy atom. The number of para-hydroxylation sites is 1. The number of hydrogen-bond donors (Lipinski definition) is 1. The summed E-state index contributed by atoms with van der Waals surface area (Å²) >= 11 is 0. The van der Waals surface area contributed by atoms with E-state index in [4.69, 9.17) is 0 Å². The summed E-state index contributed by atoms with van der Waals surface area (Å²) in [6, 6.07) is 13.0. The molecule has 1 aliphatic rings. The minimum Gasteiger partial charge on any atom is -0.508 e. The van der Waals surface area contributed by atoms with Gasteiger partial charge < -0.3 is 10.0 Å². The Morgan fingerprint density at radius 1 is 1.25 bits per heavy atom. The smallest absolute Gasteiger partial charge is 0.132 e. The fourth-order valence-corrected chi connectivity index (χ4v) is 3.18. The molecule has 0 saturated heterocycles. The molecule has 1 N–H and O–H groups in total. The first-order valence-corrected chi connectivity index (χ1v) is 6.92. The molecule has 1 aliphatic heterocycles. The molecular weight excluding hydrogens is 253 g/mol. The van der Waals surface area contributed by atoms with Gasteiger partial charge in [0.25, 0.3) is 0 Å². The van der Waals surface area contributed by atoms with E-state index >= 15 is 0 Å². The number of phenolic OH excluding ortho intramolecular Hbond substituents is 1. The van der Waals surface area contributed by atoms with Crippen LogP contribution in [-0.2, 0) is 6.42 Å². The van der Waals surface area contributed by atoms with Crippen LogP contribution in [0.3, 0.4) is 0 Å². The summed E-state index contributed by atoms with van der Waals surface area (Å²) < 4.78 is 14.1. The summed E-state index contributed by atoms with van der Waals surface area (Å²) in [5.41, 5.74) is 3.11. The Morgan fingerprint density at radius 3 is 2.75 bits per heavy atom. The molecule has 2 unspecified atom stereocenters. The van der Waals surface area contributed by atoms with Gasteiger partial charge in [0.15, 0.2) is 0 Å². The lowest BCUT2D eigenvalue weighted by molar-refractivity contribution is 0.465. The van der Waals surface area contributed by atoms with Crippen molar-refractivity contribution >= 4 is 5.69 Å². The topological polar surface area (TPSA) is 23.5 Å². The van der Waals surface area contributed by atoms with Gasteiger partial charge in [-0.1, -0.05) is 24.3 Å². The molecule has 2 aromatic carbocycles. The molecule has 0 bridgehead atoms. The number of phenols is 1. The fraction of sp³-hybridized carbons (Fsp3) is 0.294. The zero-order chi connectivity index (χ0) is 14.3. The minimum absolute atomic E-state index is 0.0340. The maximum absolute atomic E-state index is 14.1. The molecule has 0 spiro atoms. The highest BCUT2D eigenvalue weighted by molar-refractivity contribution is 5.60. The largest absolute Gasteiger partial charge is 0.508 e. The third-order valence-corrected chi connectivity index (χ3v) is 4.11. The van der Waals surface area contributed by atoms with Gasteiger partial charge in [-0.3, -0.25) is 0 Å². The normalized spacial score (nSPS) is 18.9. The average Bonchev–Trinajstić information content (AvgIpc) is 2.73. The van der Waals surface area contributed by atoms with Crippen LogP contribution in [-0.4, -0.2) is 11.1 Å². The molecule has 2 aromatic rings. The van der Waals surface area contributed by atoms with Crippen LogP contribution in [0.1, 0.15) is 31.0 Å². The van der Waals surface area contributed by atoms with Crippen molar-refractivity contribution in [3.63, 3.8) is 0 Å². The third kappa shape index (κ3) is 2.03. The second-order valence-corrected chi connectivity index (χ2v) is 5.47. The highest BCUT2D eigenvalue weighted by Gasteiger charge is 2.30. The van der Waals surface area contributed by atoms with Gasteiger partial charge in [-0.2, -0.15) is 0 Å². The summed E-state index contributed by atoms with van der Waals surface area (Å²) in [6.07, 6.45) is 0.986. The van der Waals surface area contributed by atoms with E-state index in [0.717, 1.165) is 6.42 Å². The molecule has 3 heteroatoms. The molecule has 20 heavy (non-hydrogen) atoms. The maximum atomic E-state index is 14.1. The first-order chi connectivity index (χ1) is 9.58. The molecule has 0 aliphatic carbocycles. The molecule has 0 saturated carbocycles. The second kappa shape index (κ2) is 4.82. The highest BCUT2D eigenvalue weighted by Crippen LogP contribution is 2.39. The van der Waals surface area contributed by atoms with E-state index in [1.54, 1.807) is 12.1 Å². The van der Waals surface area contributed by atoms with Gasteiger partial charge >= 0.3 is 0 Å². The van der Waals surface area contributed by atoms with Crippen molar-refractivity contribution in [2.75, 3.05) is 4.90 Å². The van der Waals surface area contributed by atoms with E-state index in [2.05, 4.69) is 24.0 Å². The number of halogens is 1. The van der Waals surface area contributed by atoms with Crippen molar-refractivity contribution in [3.05, 3.63) is 59.4 Å². The SMILES string of the molecule is CC1Cc2ccccc2N1C(C)c1ccc(O)cc1F. The molecule has 0 aromatic heterocycles. The summed E-state index contributed by atoms with van der Waals surface area (Å²) in [5.74, 6) is -0.387. The second-order valence-electron chi connectivity index (χ2n) is 5.47. The first-order valence-electron chi connectivity index (χ1n) is 6.92. The molecule has 1 heterocycles. The highest BCUT2D eigenvalue weighted by atomic mass is 19.1. The molecule has 2 atom stereocenters. The molecule has 0 amide bonds. The summed E-state index contributed by atoms with van der Waals surface area (Å²) in [6.45, 7) is 4.17. The van der Waals surface area contributed by atoms with Crippen LogP contribution in [0.4, 0.5) is 10.1 Å². The average molecular weight is 271 g/mol. The van der Waals surface area contributed by atoms with Crippen LogP contribution >= 0.6 is 0 Å². The predicted molar refractivity (Wildman–Crippen MR) is 78.6 cm³/mol. The quantitative estimate of drug-likeness (QED) is 0.891. The Hall–Kier alpha value is -2.03. The van der Waals surface area contributed by atoms with Crippen molar-refractivity contribution in [2.45, 2.75) is 32.4 Å². The summed E-state index contributed by atoms with van der Waals surface area (Å²) in [7, 11) is 0. The van der Waals surface area contributed by atoms with Gasteiger partial charge in [0.2, 0.25) is 0 Å². The number of benzene rings is 2. The molecular formula is C17H18FNO. The number of fused-ring (bicyclic) bond motifs is 1. The number of aromatic hydroxyl groups is 1. The van der Waals surface area contributed by atoms with E-state index in [9.17, 15) is 9.50 Å². The van der Waals surface area contributed by atoms with Crippen LogP contribution in [0.25, 0.3) is 0 Å². The van der Waals surface area contributed by atoms with Crippen LogP contribution in [0.5, 0.6) is 5.75 Å². The van der Waals surface area contributed by atoms with E-state index < -0.39 is 0 Å². The monoisotopic (exact) mass is 271 g/mol. The standard InChI is InChI=1S/C17H18FNO/c1-11-9-13-5-3-4-6-17(13)19(11)12(2)15-8-7-14(20)10-16(15)18/h3-8,10-12,20H,9H2,1-2H3. The summed E-state index contributed by atoms with van der Waals surface area (Å²) in [4.78, 5) is 2.25. The van der Waals surface area contributed by atoms with Gasteiger partial charge in [0.1, 0.15) is 11.6 Å². The first kappa shape index (κ1) is 13.0. The van der Waals surface area contributed by atoms with Crippen molar-refractivity contribution in [1.82, 2.24) is 0 Å². The Balaban J connectivity index is 2.00. The lowest BCUT2D eigenvalue weighted by Crippen LogP contribution is -2.32. The van der Waals surface area contributed by atoms with Gasteiger partial charge in [-0.25, -0.2) is 4.39 Å². The summed E-state index contributed by atoms with van der Waals surface area (Å²) in [5, 5.41) is 9.34. The lowest BCUT2D eigenvalue weighted by atomic mass is 10.0. The third-order valence-electron chi connectivity index (χ3n) is 4.11. The molecule has 3 rings (SSSR count). The van der Waals surface area contributed by atoms with E-state index in [1.807, 2.05) is 19.1 Å². The Labute approximate surface area is 118 Å². The number of rotatable bonds is 2. The Kier molecular flexibility index (Phi) is 3.13. The van der Waals surface area contributed by atoms with Crippen LogP contribution in [0, 0.1) is 5.82 Å². The van der Waals surface area contributed by atoms with Gasteiger partial charge in [0.05, 0.1) is 6.04 Å². The molecule has 0 fully saturated rings. The Bertz CT molecular complexity index is 641. The molecule has 104 valence electrons. The molecule has 2 nitrogen and oxygen atoms in total. The predicted octanol–water partition coefficient (Wildman–Crippen LogP) is 4.04. The van der Waals surface area contributed by atoms with Crippen molar-refractivity contribution in [3.8, 4) is 5.75 Å². The van der Waals surface area contributed by atoms with E-state index in [-0.39, 0.29) is 17.6 Å². The van der Waals surface area contributed by atoms with Gasteiger partial charge in [0, 0.05) is 23.4 Å². The van der Waals surface area contributed by atoms with E-state index in [1.165, 1.54) is 17.3 Å². The minimum atomic E-state index is -0.353. The van der Waals surface area contributed by atoms with Crippen molar-refractivity contribution in [1.29, 1.82) is 0 Å². The van der Waals surface area contributed by atoms with Crippen LogP contribution in [0.15, 0.2) is 42.5 Å². The molecule has 0 radical (unpaired) electrons. The van der Waals surface area contributed by atoms with E-state index in [0.29, 0.717) is 11.6 Å².